The molecule has 17 heavy (non-hydrogen) atoms. The first kappa shape index (κ1) is 13.7. The molecule has 0 atom stereocenters. The molecule has 94 valence electrons. The van der Waals surface area contributed by atoms with Crippen LogP contribution in [0.4, 0.5) is 0 Å². The highest BCUT2D eigenvalue weighted by atomic mass is 16.2. The highest BCUT2D eigenvalue weighted by molar-refractivity contribution is 5.86. The molecule has 0 fully saturated rings. The maximum Gasteiger partial charge on any atom is 0.244 e. The second kappa shape index (κ2) is 5.82. The highest BCUT2D eigenvalue weighted by Crippen LogP contribution is 2.23. The van der Waals surface area contributed by atoms with Gasteiger partial charge in [-0.05, 0) is 31.4 Å². The molecule has 2 N–H and O–H groups in total. The van der Waals surface area contributed by atoms with E-state index in [4.69, 9.17) is 0 Å². The van der Waals surface area contributed by atoms with Gasteiger partial charge >= 0.3 is 0 Å². The standard InChI is InChI=1S/C14H22N2O/c1-5-6-11-7-9-12(10-8-11)14(2,3)13(17)16-15-4/h7-10,15H,5-6H2,1-4H3,(H,16,17). The SMILES string of the molecule is CCCc1ccc(C(C)(C)C(=O)NNC)cc1. The molecule has 0 saturated heterocycles. The first-order valence-corrected chi connectivity index (χ1v) is 6.09. The molecule has 1 aromatic carbocycles. The second-order valence-corrected chi connectivity index (χ2v) is 4.78. The highest BCUT2D eigenvalue weighted by Gasteiger charge is 2.29. The van der Waals surface area contributed by atoms with Gasteiger partial charge in [0.25, 0.3) is 0 Å². The third-order valence-corrected chi connectivity index (χ3v) is 3.02. The van der Waals surface area contributed by atoms with Crippen molar-refractivity contribution >= 4 is 5.91 Å². The summed E-state index contributed by atoms with van der Waals surface area (Å²) < 4.78 is 0. The number of hydrazine groups is 1. The van der Waals surface area contributed by atoms with Crippen molar-refractivity contribution in [1.82, 2.24) is 10.9 Å². The second-order valence-electron chi connectivity index (χ2n) is 4.78. The first-order valence-electron chi connectivity index (χ1n) is 6.09. The quantitative estimate of drug-likeness (QED) is 0.767. The third-order valence-electron chi connectivity index (χ3n) is 3.02. The number of rotatable bonds is 5. The van der Waals surface area contributed by atoms with Crippen LogP contribution in [0.25, 0.3) is 0 Å². The van der Waals surface area contributed by atoms with Gasteiger partial charge in [0.2, 0.25) is 5.91 Å². The topological polar surface area (TPSA) is 41.1 Å². The molecule has 0 spiro atoms. The molecule has 0 aromatic heterocycles. The van der Waals surface area contributed by atoms with Crippen molar-refractivity contribution in [2.45, 2.75) is 39.0 Å². The molecule has 0 aliphatic rings. The minimum Gasteiger partial charge on any atom is -0.291 e. The molecule has 3 nitrogen and oxygen atoms in total. The summed E-state index contributed by atoms with van der Waals surface area (Å²) in [5, 5.41) is 0. The van der Waals surface area contributed by atoms with Crippen molar-refractivity contribution in [3.63, 3.8) is 0 Å². The van der Waals surface area contributed by atoms with Gasteiger partial charge in [-0.25, -0.2) is 5.43 Å². The molecule has 0 heterocycles. The number of amides is 1. The molecule has 0 radical (unpaired) electrons. The van der Waals surface area contributed by atoms with Crippen LogP contribution in [0.5, 0.6) is 0 Å². The van der Waals surface area contributed by atoms with E-state index in [1.165, 1.54) is 5.56 Å². The molecule has 0 saturated carbocycles. The lowest BCUT2D eigenvalue weighted by atomic mass is 9.83. The number of hydrogen-bond donors (Lipinski definition) is 2. The molecule has 1 amide bonds. The Balaban J connectivity index is 2.87. The summed E-state index contributed by atoms with van der Waals surface area (Å²) in [6.45, 7) is 6.02. The van der Waals surface area contributed by atoms with Gasteiger partial charge in [0.15, 0.2) is 0 Å². The summed E-state index contributed by atoms with van der Waals surface area (Å²) in [6.07, 6.45) is 2.23. The van der Waals surface area contributed by atoms with Gasteiger partial charge in [0.1, 0.15) is 0 Å². The van der Waals surface area contributed by atoms with E-state index in [9.17, 15) is 4.79 Å². The van der Waals surface area contributed by atoms with E-state index >= 15 is 0 Å². The van der Waals surface area contributed by atoms with Crippen LogP contribution in [0.15, 0.2) is 24.3 Å². The Bertz CT molecular complexity index is 368. The first-order chi connectivity index (χ1) is 8.02. The smallest absolute Gasteiger partial charge is 0.244 e. The number of carbonyl (C=O) groups is 1. The molecule has 0 unspecified atom stereocenters. The van der Waals surface area contributed by atoms with Gasteiger partial charge in [0, 0.05) is 7.05 Å². The predicted octanol–water partition coefficient (Wildman–Crippen LogP) is 2.17. The van der Waals surface area contributed by atoms with E-state index in [1.807, 2.05) is 26.0 Å². The average Bonchev–Trinajstić information content (AvgIpc) is 2.30. The van der Waals surface area contributed by atoms with Crippen LogP contribution in [0.2, 0.25) is 0 Å². The number of aryl methyl sites for hydroxylation is 1. The summed E-state index contributed by atoms with van der Waals surface area (Å²) in [6, 6.07) is 8.29. The molecule has 0 aliphatic carbocycles. The Kier molecular flexibility index (Phi) is 4.70. The summed E-state index contributed by atoms with van der Waals surface area (Å²) in [4.78, 5) is 11.9. The predicted molar refractivity (Wildman–Crippen MR) is 70.7 cm³/mol. The van der Waals surface area contributed by atoms with Gasteiger partial charge in [0.05, 0.1) is 5.41 Å². The fourth-order valence-electron chi connectivity index (χ4n) is 1.78. The molecule has 0 bridgehead atoms. The Morgan fingerprint density at radius 3 is 2.29 bits per heavy atom. The van der Waals surface area contributed by atoms with Crippen molar-refractivity contribution in [3.8, 4) is 0 Å². The van der Waals surface area contributed by atoms with Crippen molar-refractivity contribution in [3.05, 3.63) is 35.4 Å². The summed E-state index contributed by atoms with van der Waals surface area (Å²) in [7, 11) is 1.69. The Morgan fingerprint density at radius 1 is 1.24 bits per heavy atom. The maximum atomic E-state index is 11.9. The van der Waals surface area contributed by atoms with Crippen LogP contribution in [-0.4, -0.2) is 13.0 Å². The lowest BCUT2D eigenvalue weighted by molar-refractivity contribution is -0.126. The van der Waals surface area contributed by atoms with E-state index < -0.39 is 5.41 Å². The van der Waals surface area contributed by atoms with Crippen molar-refractivity contribution in [1.29, 1.82) is 0 Å². The number of nitrogens with one attached hydrogen (secondary N) is 2. The van der Waals surface area contributed by atoms with Crippen LogP contribution in [0, 0.1) is 0 Å². The summed E-state index contributed by atoms with van der Waals surface area (Å²) >= 11 is 0. The van der Waals surface area contributed by atoms with Gasteiger partial charge in [-0.2, -0.15) is 0 Å². The van der Waals surface area contributed by atoms with E-state index in [-0.39, 0.29) is 5.91 Å². The van der Waals surface area contributed by atoms with Gasteiger partial charge in [-0.3, -0.25) is 10.2 Å². The zero-order valence-electron chi connectivity index (χ0n) is 11.1. The number of benzene rings is 1. The fraction of sp³-hybridized carbons (Fsp3) is 0.500. The fourth-order valence-corrected chi connectivity index (χ4v) is 1.78. The van der Waals surface area contributed by atoms with E-state index in [0.717, 1.165) is 18.4 Å². The number of carbonyl (C=O) groups excluding carboxylic acids is 1. The summed E-state index contributed by atoms with van der Waals surface area (Å²) in [5.41, 5.74) is 7.14. The molecular weight excluding hydrogens is 212 g/mol. The van der Waals surface area contributed by atoms with Crippen LogP contribution < -0.4 is 10.9 Å². The van der Waals surface area contributed by atoms with Crippen LogP contribution in [0.3, 0.4) is 0 Å². The minimum absolute atomic E-state index is 0.0248. The van der Waals surface area contributed by atoms with Crippen LogP contribution in [0.1, 0.15) is 38.3 Å². The van der Waals surface area contributed by atoms with Crippen LogP contribution >= 0.6 is 0 Å². The van der Waals surface area contributed by atoms with Crippen molar-refractivity contribution < 1.29 is 4.79 Å². The van der Waals surface area contributed by atoms with Crippen molar-refractivity contribution in [2.24, 2.45) is 0 Å². The lowest BCUT2D eigenvalue weighted by Crippen LogP contribution is -2.45. The molecule has 1 aromatic rings. The maximum absolute atomic E-state index is 11.9. The van der Waals surface area contributed by atoms with Crippen LogP contribution in [-0.2, 0) is 16.6 Å². The lowest BCUT2D eigenvalue weighted by Gasteiger charge is -2.24. The normalized spacial score (nSPS) is 11.3. The Hall–Kier alpha value is -1.35. The zero-order chi connectivity index (χ0) is 12.9. The zero-order valence-corrected chi connectivity index (χ0v) is 11.1. The monoisotopic (exact) mass is 234 g/mol. The van der Waals surface area contributed by atoms with E-state index in [1.54, 1.807) is 7.05 Å². The molecule has 0 aliphatic heterocycles. The van der Waals surface area contributed by atoms with Gasteiger partial charge in [-0.15, -0.1) is 0 Å². The largest absolute Gasteiger partial charge is 0.291 e. The van der Waals surface area contributed by atoms with Gasteiger partial charge in [-0.1, -0.05) is 37.6 Å². The minimum atomic E-state index is -0.520. The van der Waals surface area contributed by atoms with Gasteiger partial charge < -0.3 is 0 Å². The molecule has 1 rings (SSSR count). The number of hydrogen-bond acceptors (Lipinski definition) is 2. The summed E-state index contributed by atoms with van der Waals surface area (Å²) in [5.74, 6) is -0.0248. The van der Waals surface area contributed by atoms with Crippen molar-refractivity contribution in [2.75, 3.05) is 7.05 Å². The molecule has 3 heteroatoms. The van der Waals surface area contributed by atoms with E-state index in [0.29, 0.717) is 0 Å². The Labute approximate surface area is 104 Å². The average molecular weight is 234 g/mol. The van der Waals surface area contributed by atoms with E-state index in [2.05, 4.69) is 29.9 Å². The third kappa shape index (κ3) is 3.30. The Morgan fingerprint density at radius 2 is 1.82 bits per heavy atom. The molecular formula is C14H22N2O.